The minimum Gasteiger partial charge on any atom is -0.353 e. The fraction of sp³-hybridized carbons (Fsp3) is 0.286. The maximum absolute atomic E-state index is 13.1. The monoisotopic (exact) mass is 258 g/mol. The fourth-order valence-electron chi connectivity index (χ4n) is 2.28. The number of hydrogen-bond acceptors (Lipinski definition) is 4. The van der Waals surface area contributed by atoms with Crippen molar-refractivity contribution in [3.05, 3.63) is 48.5 Å². The molecule has 1 aliphatic rings. The molecule has 3 rings (SSSR count). The summed E-state index contributed by atoms with van der Waals surface area (Å²) in [6, 6.07) is 10.8. The van der Waals surface area contributed by atoms with Crippen molar-refractivity contribution >= 4 is 11.6 Å². The van der Waals surface area contributed by atoms with Crippen LogP contribution in [0, 0.1) is 5.95 Å². The Morgan fingerprint density at radius 3 is 2.16 bits per heavy atom. The Hall–Kier alpha value is -2.17. The molecule has 0 radical (unpaired) electrons. The van der Waals surface area contributed by atoms with Crippen LogP contribution in [0.3, 0.4) is 0 Å². The molecule has 0 N–H and O–H groups in total. The first-order valence-corrected chi connectivity index (χ1v) is 6.36. The lowest BCUT2D eigenvalue weighted by Gasteiger charge is -2.36. The van der Waals surface area contributed by atoms with E-state index < -0.39 is 5.95 Å². The van der Waals surface area contributed by atoms with Crippen LogP contribution < -0.4 is 9.80 Å². The molecule has 1 aliphatic heterocycles. The lowest BCUT2D eigenvalue weighted by Crippen LogP contribution is -2.47. The van der Waals surface area contributed by atoms with Crippen LogP contribution in [0.4, 0.5) is 16.0 Å². The molecule has 0 spiro atoms. The molecule has 4 nitrogen and oxygen atoms in total. The SMILES string of the molecule is Fc1cccc(N2CCN(c3ccccn3)CC2)n1. The van der Waals surface area contributed by atoms with Gasteiger partial charge in [0.15, 0.2) is 0 Å². The second-order valence-corrected chi connectivity index (χ2v) is 4.48. The van der Waals surface area contributed by atoms with E-state index in [0.29, 0.717) is 5.82 Å². The number of aromatic nitrogens is 2. The minimum atomic E-state index is -0.426. The smallest absolute Gasteiger partial charge is 0.214 e. The Morgan fingerprint density at radius 1 is 0.842 bits per heavy atom. The molecular formula is C14H15FN4. The molecule has 0 atom stereocenters. The van der Waals surface area contributed by atoms with Gasteiger partial charge in [0.2, 0.25) is 5.95 Å². The molecule has 0 aromatic carbocycles. The summed E-state index contributed by atoms with van der Waals surface area (Å²) in [6.07, 6.45) is 1.80. The minimum absolute atomic E-state index is 0.426. The highest BCUT2D eigenvalue weighted by Gasteiger charge is 2.18. The van der Waals surface area contributed by atoms with E-state index in [4.69, 9.17) is 0 Å². The summed E-state index contributed by atoms with van der Waals surface area (Å²) in [5.41, 5.74) is 0. The lowest BCUT2D eigenvalue weighted by atomic mass is 10.3. The van der Waals surface area contributed by atoms with Crippen LogP contribution in [0.1, 0.15) is 0 Å². The van der Waals surface area contributed by atoms with Crippen molar-refractivity contribution in [1.82, 2.24) is 9.97 Å². The van der Waals surface area contributed by atoms with Gasteiger partial charge in [-0.15, -0.1) is 0 Å². The van der Waals surface area contributed by atoms with E-state index in [1.165, 1.54) is 6.07 Å². The number of pyridine rings is 2. The number of piperazine rings is 1. The standard InChI is InChI=1S/C14H15FN4/c15-12-4-3-6-14(17-12)19-10-8-18(9-11-19)13-5-1-2-7-16-13/h1-7H,8-11H2. The van der Waals surface area contributed by atoms with Gasteiger partial charge in [-0.2, -0.15) is 4.39 Å². The van der Waals surface area contributed by atoms with Crippen LogP contribution in [-0.2, 0) is 0 Å². The van der Waals surface area contributed by atoms with E-state index >= 15 is 0 Å². The third-order valence-corrected chi connectivity index (χ3v) is 3.28. The van der Waals surface area contributed by atoms with Crippen LogP contribution >= 0.6 is 0 Å². The zero-order valence-corrected chi connectivity index (χ0v) is 10.5. The molecular weight excluding hydrogens is 243 g/mol. The summed E-state index contributed by atoms with van der Waals surface area (Å²) in [6.45, 7) is 3.39. The second-order valence-electron chi connectivity index (χ2n) is 4.48. The first-order valence-electron chi connectivity index (χ1n) is 6.36. The lowest BCUT2D eigenvalue weighted by molar-refractivity contribution is 0.574. The van der Waals surface area contributed by atoms with E-state index in [9.17, 15) is 4.39 Å². The summed E-state index contributed by atoms with van der Waals surface area (Å²) in [4.78, 5) is 12.6. The van der Waals surface area contributed by atoms with Crippen molar-refractivity contribution in [3.8, 4) is 0 Å². The van der Waals surface area contributed by atoms with Gasteiger partial charge in [0.05, 0.1) is 0 Å². The van der Waals surface area contributed by atoms with Crippen LogP contribution in [0.5, 0.6) is 0 Å². The Labute approximate surface area is 111 Å². The molecule has 0 saturated carbocycles. The number of hydrogen-bond donors (Lipinski definition) is 0. The van der Waals surface area contributed by atoms with Crippen LogP contribution in [0.2, 0.25) is 0 Å². The van der Waals surface area contributed by atoms with Gasteiger partial charge in [-0.1, -0.05) is 12.1 Å². The molecule has 19 heavy (non-hydrogen) atoms. The maximum atomic E-state index is 13.1. The topological polar surface area (TPSA) is 32.3 Å². The third kappa shape index (κ3) is 2.65. The average Bonchev–Trinajstić information content (AvgIpc) is 2.48. The van der Waals surface area contributed by atoms with Crippen molar-refractivity contribution in [1.29, 1.82) is 0 Å². The second kappa shape index (κ2) is 5.22. The van der Waals surface area contributed by atoms with Crippen molar-refractivity contribution in [2.75, 3.05) is 36.0 Å². The summed E-state index contributed by atoms with van der Waals surface area (Å²) in [7, 11) is 0. The summed E-state index contributed by atoms with van der Waals surface area (Å²) in [5.74, 6) is 1.28. The molecule has 2 aromatic rings. The Kier molecular flexibility index (Phi) is 3.27. The third-order valence-electron chi connectivity index (χ3n) is 3.28. The predicted molar refractivity (Wildman–Crippen MR) is 72.9 cm³/mol. The van der Waals surface area contributed by atoms with Crippen LogP contribution in [-0.4, -0.2) is 36.1 Å². The number of anilines is 2. The summed E-state index contributed by atoms with van der Waals surface area (Å²) in [5, 5.41) is 0. The average molecular weight is 258 g/mol. The van der Waals surface area contributed by atoms with Crippen molar-refractivity contribution in [3.63, 3.8) is 0 Å². The van der Waals surface area contributed by atoms with E-state index in [1.807, 2.05) is 24.3 Å². The van der Waals surface area contributed by atoms with Gasteiger partial charge in [0.25, 0.3) is 0 Å². The van der Waals surface area contributed by atoms with Gasteiger partial charge >= 0.3 is 0 Å². The number of halogens is 1. The Bertz CT molecular complexity index is 538. The molecule has 0 bridgehead atoms. The van der Waals surface area contributed by atoms with E-state index in [1.54, 1.807) is 12.3 Å². The predicted octanol–water partition coefficient (Wildman–Crippen LogP) is 1.94. The zero-order valence-electron chi connectivity index (χ0n) is 10.5. The number of nitrogens with zero attached hydrogens (tertiary/aromatic N) is 4. The highest BCUT2D eigenvalue weighted by molar-refractivity contribution is 5.44. The van der Waals surface area contributed by atoms with Gasteiger partial charge in [0.1, 0.15) is 11.6 Å². The Morgan fingerprint density at radius 2 is 1.53 bits per heavy atom. The van der Waals surface area contributed by atoms with E-state index in [0.717, 1.165) is 32.0 Å². The quantitative estimate of drug-likeness (QED) is 0.771. The van der Waals surface area contributed by atoms with Crippen molar-refractivity contribution in [2.45, 2.75) is 0 Å². The molecule has 0 amide bonds. The largest absolute Gasteiger partial charge is 0.353 e. The molecule has 98 valence electrons. The highest BCUT2D eigenvalue weighted by atomic mass is 19.1. The molecule has 1 saturated heterocycles. The van der Waals surface area contributed by atoms with Gasteiger partial charge in [-0.3, -0.25) is 0 Å². The first kappa shape index (κ1) is 11.9. The van der Waals surface area contributed by atoms with Gasteiger partial charge in [0, 0.05) is 32.4 Å². The summed E-state index contributed by atoms with van der Waals surface area (Å²) < 4.78 is 13.1. The van der Waals surface area contributed by atoms with Gasteiger partial charge in [-0.25, -0.2) is 9.97 Å². The van der Waals surface area contributed by atoms with E-state index in [-0.39, 0.29) is 0 Å². The van der Waals surface area contributed by atoms with Gasteiger partial charge < -0.3 is 9.80 Å². The highest BCUT2D eigenvalue weighted by Crippen LogP contribution is 2.17. The molecule has 0 aliphatic carbocycles. The van der Waals surface area contributed by atoms with Gasteiger partial charge in [-0.05, 0) is 24.3 Å². The first-order chi connectivity index (χ1) is 9.33. The maximum Gasteiger partial charge on any atom is 0.214 e. The summed E-state index contributed by atoms with van der Waals surface area (Å²) >= 11 is 0. The van der Waals surface area contributed by atoms with Crippen molar-refractivity contribution in [2.24, 2.45) is 0 Å². The van der Waals surface area contributed by atoms with Crippen molar-refractivity contribution < 1.29 is 4.39 Å². The van der Waals surface area contributed by atoms with Crippen LogP contribution in [0.25, 0.3) is 0 Å². The molecule has 2 aromatic heterocycles. The molecule has 0 unspecified atom stereocenters. The van der Waals surface area contributed by atoms with Crippen LogP contribution in [0.15, 0.2) is 42.6 Å². The number of rotatable bonds is 2. The fourth-order valence-corrected chi connectivity index (χ4v) is 2.28. The normalized spacial score (nSPS) is 15.6. The molecule has 3 heterocycles. The van der Waals surface area contributed by atoms with E-state index in [2.05, 4.69) is 19.8 Å². The zero-order chi connectivity index (χ0) is 13.1. The Balaban J connectivity index is 1.67. The molecule has 1 fully saturated rings. The molecule has 5 heteroatoms.